The summed E-state index contributed by atoms with van der Waals surface area (Å²) < 4.78 is 0. The van der Waals surface area contributed by atoms with Crippen molar-refractivity contribution in [3.05, 3.63) is 58.2 Å². The molecule has 0 saturated carbocycles. The zero-order valence-electron chi connectivity index (χ0n) is 13.1. The number of rotatable bonds is 6. The fourth-order valence-corrected chi connectivity index (χ4v) is 2.43. The largest absolute Gasteiger partial charge is 0.310 e. The second kappa shape index (κ2) is 8.29. The maximum atomic E-state index is 12.2. The Morgan fingerprint density at radius 1 is 1.22 bits per heavy atom. The summed E-state index contributed by atoms with van der Waals surface area (Å²) in [5.41, 5.74) is 1.07. The van der Waals surface area contributed by atoms with Gasteiger partial charge in [-0.05, 0) is 43.7 Å². The molecule has 6 heteroatoms. The number of nitrogens with one attached hydrogen (secondary N) is 1. The molecule has 23 heavy (non-hydrogen) atoms. The van der Waals surface area contributed by atoms with E-state index < -0.39 is 0 Å². The van der Waals surface area contributed by atoms with E-state index in [2.05, 4.69) is 29.0 Å². The number of benzene rings is 1. The van der Waals surface area contributed by atoms with Gasteiger partial charge in [0.2, 0.25) is 5.91 Å². The lowest BCUT2D eigenvalue weighted by molar-refractivity contribution is -0.117. The van der Waals surface area contributed by atoms with E-state index in [-0.39, 0.29) is 18.5 Å². The smallest absolute Gasteiger partial charge is 0.239 e. The standard InChI is InChI=1S/C17H19Cl2N3O/c1-12(2)22(10-13-4-3-5-14(18)8-13)11-17(23)21-16-7-6-15(19)9-20-16/h3-9,12H,10-11H2,1-2H3,(H,20,21,23). The molecule has 0 radical (unpaired) electrons. The highest BCUT2D eigenvalue weighted by Gasteiger charge is 2.15. The number of amides is 1. The SMILES string of the molecule is CC(C)N(CC(=O)Nc1ccc(Cl)cn1)Cc1cccc(Cl)c1. The Morgan fingerprint density at radius 2 is 2.00 bits per heavy atom. The molecule has 0 aliphatic carbocycles. The molecule has 1 N–H and O–H groups in total. The van der Waals surface area contributed by atoms with Gasteiger partial charge in [0.25, 0.3) is 0 Å². The fourth-order valence-electron chi connectivity index (χ4n) is 2.11. The summed E-state index contributed by atoms with van der Waals surface area (Å²) in [6, 6.07) is 11.2. The Morgan fingerprint density at radius 3 is 2.61 bits per heavy atom. The molecule has 0 spiro atoms. The monoisotopic (exact) mass is 351 g/mol. The number of hydrogen-bond acceptors (Lipinski definition) is 3. The zero-order valence-corrected chi connectivity index (χ0v) is 14.6. The van der Waals surface area contributed by atoms with Gasteiger partial charge in [-0.15, -0.1) is 0 Å². The molecule has 0 saturated heterocycles. The van der Waals surface area contributed by atoms with E-state index in [1.807, 2.05) is 24.3 Å². The predicted molar refractivity (Wildman–Crippen MR) is 94.9 cm³/mol. The lowest BCUT2D eigenvalue weighted by atomic mass is 10.2. The molecule has 1 aromatic carbocycles. The number of halogens is 2. The van der Waals surface area contributed by atoms with Gasteiger partial charge in [0.15, 0.2) is 0 Å². The van der Waals surface area contributed by atoms with Crippen molar-refractivity contribution in [3.63, 3.8) is 0 Å². The third-order valence-corrected chi connectivity index (χ3v) is 3.81. The van der Waals surface area contributed by atoms with Gasteiger partial charge < -0.3 is 5.32 Å². The number of carbonyl (C=O) groups excluding carboxylic acids is 1. The van der Waals surface area contributed by atoms with Crippen molar-refractivity contribution in [3.8, 4) is 0 Å². The van der Waals surface area contributed by atoms with Gasteiger partial charge in [0.1, 0.15) is 5.82 Å². The van der Waals surface area contributed by atoms with Gasteiger partial charge in [0, 0.05) is 23.8 Å². The minimum Gasteiger partial charge on any atom is -0.310 e. The zero-order chi connectivity index (χ0) is 16.8. The summed E-state index contributed by atoms with van der Waals surface area (Å²) in [6.07, 6.45) is 1.50. The molecule has 122 valence electrons. The number of pyridine rings is 1. The highest BCUT2D eigenvalue weighted by molar-refractivity contribution is 6.30. The van der Waals surface area contributed by atoms with Crippen LogP contribution in [-0.4, -0.2) is 28.4 Å². The molecule has 2 rings (SSSR count). The molecule has 0 fully saturated rings. The first-order chi connectivity index (χ1) is 10.9. The normalized spacial score (nSPS) is 11.0. The number of nitrogens with zero attached hydrogens (tertiary/aromatic N) is 2. The van der Waals surface area contributed by atoms with Gasteiger partial charge in [-0.1, -0.05) is 35.3 Å². The third-order valence-electron chi connectivity index (χ3n) is 3.35. The average Bonchev–Trinajstić information content (AvgIpc) is 2.49. The van der Waals surface area contributed by atoms with Crippen molar-refractivity contribution in [2.45, 2.75) is 26.4 Å². The summed E-state index contributed by atoms with van der Waals surface area (Å²) in [7, 11) is 0. The summed E-state index contributed by atoms with van der Waals surface area (Å²) in [5, 5.41) is 4.01. The fraction of sp³-hybridized carbons (Fsp3) is 0.294. The van der Waals surface area contributed by atoms with E-state index in [9.17, 15) is 4.79 Å². The molecule has 4 nitrogen and oxygen atoms in total. The summed E-state index contributed by atoms with van der Waals surface area (Å²) in [6.45, 7) is 5.03. The minimum absolute atomic E-state index is 0.115. The first-order valence-corrected chi connectivity index (χ1v) is 8.09. The van der Waals surface area contributed by atoms with Crippen molar-refractivity contribution in [1.29, 1.82) is 0 Å². The number of aromatic nitrogens is 1. The van der Waals surface area contributed by atoms with Crippen LogP contribution in [0.15, 0.2) is 42.6 Å². The molecule has 0 atom stereocenters. The highest BCUT2D eigenvalue weighted by Crippen LogP contribution is 2.14. The summed E-state index contributed by atoms with van der Waals surface area (Å²) in [4.78, 5) is 18.4. The first-order valence-electron chi connectivity index (χ1n) is 7.34. The van der Waals surface area contributed by atoms with Crippen molar-refractivity contribution in [2.75, 3.05) is 11.9 Å². The second-order valence-corrected chi connectivity index (χ2v) is 6.41. The average molecular weight is 352 g/mol. The predicted octanol–water partition coefficient (Wildman–Crippen LogP) is 4.24. The third kappa shape index (κ3) is 5.82. The minimum atomic E-state index is -0.115. The van der Waals surface area contributed by atoms with Gasteiger partial charge >= 0.3 is 0 Å². The maximum Gasteiger partial charge on any atom is 0.239 e. The van der Waals surface area contributed by atoms with Crippen LogP contribution in [0.25, 0.3) is 0 Å². The van der Waals surface area contributed by atoms with Gasteiger partial charge in [-0.25, -0.2) is 4.98 Å². The highest BCUT2D eigenvalue weighted by atomic mass is 35.5. The Balaban J connectivity index is 1.98. The number of hydrogen-bond donors (Lipinski definition) is 1. The Kier molecular flexibility index (Phi) is 6.39. The number of anilines is 1. The topological polar surface area (TPSA) is 45.2 Å². The van der Waals surface area contributed by atoms with Crippen LogP contribution in [-0.2, 0) is 11.3 Å². The van der Waals surface area contributed by atoms with Crippen LogP contribution in [0.2, 0.25) is 10.0 Å². The lowest BCUT2D eigenvalue weighted by Gasteiger charge is -2.25. The molecule has 0 bridgehead atoms. The van der Waals surface area contributed by atoms with Crippen LogP contribution in [0.1, 0.15) is 19.4 Å². The van der Waals surface area contributed by atoms with E-state index in [1.54, 1.807) is 12.1 Å². The molecule has 0 aliphatic rings. The molecule has 2 aromatic rings. The van der Waals surface area contributed by atoms with Crippen molar-refractivity contribution in [2.24, 2.45) is 0 Å². The quantitative estimate of drug-likeness (QED) is 0.846. The Labute approximate surface area is 146 Å². The van der Waals surface area contributed by atoms with Crippen LogP contribution in [0, 0.1) is 0 Å². The molecule has 0 unspecified atom stereocenters. The van der Waals surface area contributed by atoms with Gasteiger partial charge in [0.05, 0.1) is 11.6 Å². The number of carbonyl (C=O) groups is 1. The lowest BCUT2D eigenvalue weighted by Crippen LogP contribution is -2.37. The molecular formula is C17H19Cl2N3O. The van der Waals surface area contributed by atoms with Crippen molar-refractivity contribution < 1.29 is 4.79 Å². The van der Waals surface area contributed by atoms with Gasteiger partial charge in [-0.3, -0.25) is 9.69 Å². The summed E-state index contributed by atoms with van der Waals surface area (Å²) >= 11 is 11.8. The van der Waals surface area contributed by atoms with E-state index in [4.69, 9.17) is 23.2 Å². The van der Waals surface area contributed by atoms with Crippen LogP contribution < -0.4 is 5.32 Å². The van der Waals surface area contributed by atoms with E-state index in [0.29, 0.717) is 22.4 Å². The van der Waals surface area contributed by atoms with Crippen LogP contribution in [0.3, 0.4) is 0 Å². The molecule has 1 aromatic heterocycles. The van der Waals surface area contributed by atoms with Crippen LogP contribution in [0.4, 0.5) is 5.82 Å². The van der Waals surface area contributed by atoms with Crippen molar-refractivity contribution >= 4 is 34.9 Å². The van der Waals surface area contributed by atoms with E-state index >= 15 is 0 Å². The summed E-state index contributed by atoms with van der Waals surface area (Å²) in [5.74, 6) is 0.376. The van der Waals surface area contributed by atoms with Crippen LogP contribution in [0.5, 0.6) is 0 Å². The van der Waals surface area contributed by atoms with E-state index in [1.165, 1.54) is 6.20 Å². The second-order valence-electron chi connectivity index (χ2n) is 5.54. The van der Waals surface area contributed by atoms with E-state index in [0.717, 1.165) is 5.56 Å². The Bertz CT molecular complexity index is 659. The van der Waals surface area contributed by atoms with Crippen molar-refractivity contribution in [1.82, 2.24) is 9.88 Å². The Hall–Kier alpha value is -1.62. The van der Waals surface area contributed by atoms with Crippen LogP contribution >= 0.6 is 23.2 Å². The van der Waals surface area contributed by atoms with Gasteiger partial charge in [-0.2, -0.15) is 0 Å². The maximum absolute atomic E-state index is 12.2. The first kappa shape index (κ1) is 17.7. The molecule has 0 aliphatic heterocycles. The molecule has 1 amide bonds. The molecular weight excluding hydrogens is 333 g/mol. The molecule has 1 heterocycles.